The van der Waals surface area contributed by atoms with Crippen molar-refractivity contribution >= 4 is 0 Å². The zero-order valence-corrected chi connectivity index (χ0v) is 13.9. The number of aliphatic hydroxyl groups is 1. The SMILES string of the molecule is Cc1ccc(C(O)CNC(C)c2ccc(-n3ccnc3)nc2)cc1. The van der Waals surface area contributed by atoms with Crippen LogP contribution >= 0.6 is 0 Å². The zero-order chi connectivity index (χ0) is 16.9. The van der Waals surface area contributed by atoms with Crippen LogP contribution in [0.5, 0.6) is 0 Å². The van der Waals surface area contributed by atoms with Gasteiger partial charge in [-0.3, -0.25) is 4.57 Å². The van der Waals surface area contributed by atoms with Gasteiger partial charge < -0.3 is 10.4 Å². The second-order valence-electron chi connectivity index (χ2n) is 5.98. The van der Waals surface area contributed by atoms with Crippen molar-refractivity contribution in [1.82, 2.24) is 19.9 Å². The molecule has 0 aliphatic heterocycles. The van der Waals surface area contributed by atoms with Crippen LogP contribution in [-0.4, -0.2) is 26.2 Å². The van der Waals surface area contributed by atoms with E-state index in [0.717, 1.165) is 16.9 Å². The first kappa shape index (κ1) is 16.4. The fourth-order valence-corrected chi connectivity index (χ4v) is 2.51. The van der Waals surface area contributed by atoms with Crippen LogP contribution in [0.1, 0.15) is 35.8 Å². The van der Waals surface area contributed by atoms with Crippen molar-refractivity contribution in [3.05, 3.63) is 78.0 Å². The number of nitrogens with zero attached hydrogens (tertiary/aromatic N) is 3. The predicted octanol–water partition coefficient (Wildman–Crippen LogP) is 2.96. The Hall–Kier alpha value is -2.50. The fourth-order valence-electron chi connectivity index (χ4n) is 2.51. The number of imidazole rings is 1. The number of benzene rings is 1. The lowest BCUT2D eigenvalue weighted by molar-refractivity contribution is 0.171. The van der Waals surface area contributed by atoms with E-state index in [1.165, 1.54) is 5.56 Å². The summed E-state index contributed by atoms with van der Waals surface area (Å²) in [6.07, 6.45) is 6.65. The topological polar surface area (TPSA) is 63.0 Å². The number of aromatic nitrogens is 3. The van der Waals surface area contributed by atoms with E-state index in [1.54, 1.807) is 12.5 Å². The molecule has 0 radical (unpaired) electrons. The molecule has 0 spiro atoms. The van der Waals surface area contributed by atoms with E-state index < -0.39 is 6.10 Å². The molecule has 0 aliphatic carbocycles. The van der Waals surface area contributed by atoms with E-state index in [0.29, 0.717) is 6.54 Å². The van der Waals surface area contributed by atoms with Crippen LogP contribution in [0.25, 0.3) is 5.82 Å². The molecule has 2 heterocycles. The zero-order valence-electron chi connectivity index (χ0n) is 13.9. The van der Waals surface area contributed by atoms with Gasteiger partial charge in [-0.2, -0.15) is 0 Å². The first-order valence-electron chi connectivity index (χ1n) is 8.06. The lowest BCUT2D eigenvalue weighted by atomic mass is 10.1. The third kappa shape index (κ3) is 3.88. The Labute approximate surface area is 142 Å². The van der Waals surface area contributed by atoms with Crippen molar-refractivity contribution in [2.45, 2.75) is 26.0 Å². The maximum atomic E-state index is 10.3. The Morgan fingerprint density at radius 3 is 2.50 bits per heavy atom. The average molecular weight is 322 g/mol. The molecule has 3 rings (SSSR count). The Balaban J connectivity index is 1.58. The minimum absolute atomic E-state index is 0.106. The maximum absolute atomic E-state index is 10.3. The summed E-state index contributed by atoms with van der Waals surface area (Å²) in [5.74, 6) is 0.836. The molecule has 0 saturated carbocycles. The van der Waals surface area contributed by atoms with Crippen molar-refractivity contribution in [3.8, 4) is 5.82 Å². The average Bonchev–Trinajstić information content (AvgIpc) is 3.15. The van der Waals surface area contributed by atoms with E-state index in [9.17, 15) is 5.11 Å². The molecule has 124 valence electrons. The summed E-state index contributed by atoms with van der Waals surface area (Å²) in [6, 6.07) is 12.1. The molecule has 2 N–H and O–H groups in total. The summed E-state index contributed by atoms with van der Waals surface area (Å²) in [6.45, 7) is 4.60. The molecule has 3 aromatic rings. The summed E-state index contributed by atoms with van der Waals surface area (Å²) in [5.41, 5.74) is 3.19. The number of nitrogens with one attached hydrogen (secondary N) is 1. The Morgan fingerprint density at radius 2 is 1.88 bits per heavy atom. The first-order valence-corrected chi connectivity index (χ1v) is 8.06. The summed E-state index contributed by atoms with van der Waals surface area (Å²) >= 11 is 0. The summed E-state index contributed by atoms with van der Waals surface area (Å²) < 4.78 is 1.86. The minimum atomic E-state index is -0.522. The van der Waals surface area contributed by atoms with E-state index in [-0.39, 0.29) is 6.04 Å². The van der Waals surface area contributed by atoms with Crippen LogP contribution in [0, 0.1) is 6.92 Å². The number of aryl methyl sites for hydroxylation is 1. The van der Waals surface area contributed by atoms with Crippen LogP contribution in [0.3, 0.4) is 0 Å². The highest BCUT2D eigenvalue weighted by Crippen LogP contribution is 2.16. The molecule has 1 aromatic carbocycles. The lowest BCUT2D eigenvalue weighted by Gasteiger charge is -2.18. The van der Waals surface area contributed by atoms with Gasteiger partial charge in [0.1, 0.15) is 12.1 Å². The van der Waals surface area contributed by atoms with Crippen molar-refractivity contribution in [3.63, 3.8) is 0 Å². The van der Waals surface area contributed by atoms with Gasteiger partial charge in [0.15, 0.2) is 0 Å². The third-order valence-electron chi connectivity index (χ3n) is 4.12. The quantitative estimate of drug-likeness (QED) is 0.732. The number of hydrogen-bond acceptors (Lipinski definition) is 4. The standard InChI is InChI=1S/C19H22N4O/c1-14-3-5-16(6-4-14)18(24)12-21-15(2)17-7-8-19(22-11-17)23-10-9-20-13-23/h3-11,13,15,18,21,24H,12H2,1-2H3. The number of aliphatic hydroxyl groups excluding tert-OH is 1. The second kappa shape index (κ2) is 7.38. The molecule has 5 nitrogen and oxygen atoms in total. The molecular formula is C19H22N4O. The van der Waals surface area contributed by atoms with E-state index >= 15 is 0 Å². The molecule has 5 heteroatoms. The Morgan fingerprint density at radius 1 is 1.12 bits per heavy atom. The minimum Gasteiger partial charge on any atom is -0.387 e. The Kier molecular flexibility index (Phi) is 5.03. The van der Waals surface area contributed by atoms with Crippen molar-refractivity contribution in [2.75, 3.05) is 6.54 Å². The molecule has 0 saturated heterocycles. The molecule has 0 fully saturated rings. The van der Waals surface area contributed by atoms with Crippen LogP contribution in [0.4, 0.5) is 0 Å². The molecule has 2 atom stereocenters. The molecule has 0 aliphatic rings. The predicted molar refractivity (Wildman–Crippen MR) is 93.9 cm³/mol. The smallest absolute Gasteiger partial charge is 0.137 e. The normalized spacial score (nSPS) is 13.6. The van der Waals surface area contributed by atoms with Gasteiger partial charge in [0.05, 0.1) is 6.10 Å². The fraction of sp³-hybridized carbons (Fsp3) is 0.263. The van der Waals surface area contributed by atoms with Gasteiger partial charge in [-0.05, 0) is 31.0 Å². The summed E-state index contributed by atoms with van der Waals surface area (Å²) in [5, 5.41) is 13.6. The number of hydrogen-bond donors (Lipinski definition) is 2. The second-order valence-corrected chi connectivity index (χ2v) is 5.98. The van der Waals surface area contributed by atoms with Gasteiger partial charge in [-0.15, -0.1) is 0 Å². The molecule has 0 amide bonds. The molecule has 0 bridgehead atoms. The van der Waals surface area contributed by atoms with Gasteiger partial charge in [0.25, 0.3) is 0 Å². The summed E-state index contributed by atoms with van der Waals surface area (Å²) in [7, 11) is 0. The largest absolute Gasteiger partial charge is 0.387 e. The molecule has 2 aromatic heterocycles. The molecule has 2 unspecified atom stereocenters. The van der Waals surface area contributed by atoms with Gasteiger partial charge >= 0.3 is 0 Å². The van der Waals surface area contributed by atoms with Crippen molar-refractivity contribution < 1.29 is 5.11 Å². The monoisotopic (exact) mass is 322 g/mol. The van der Waals surface area contributed by atoms with Crippen LogP contribution in [0.2, 0.25) is 0 Å². The van der Waals surface area contributed by atoms with E-state index in [2.05, 4.69) is 22.2 Å². The highest BCUT2D eigenvalue weighted by atomic mass is 16.3. The van der Waals surface area contributed by atoms with Gasteiger partial charge in [0.2, 0.25) is 0 Å². The highest BCUT2D eigenvalue weighted by Gasteiger charge is 2.11. The maximum Gasteiger partial charge on any atom is 0.137 e. The van der Waals surface area contributed by atoms with Crippen LogP contribution in [-0.2, 0) is 0 Å². The Bertz CT molecular complexity index is 751. The summed E-state index contributed by atoms with van der Waals surface area (Å²) in [4.78, 5) is 8.48. The number of rotatable bonds is 6. The van der Waals surface area contributed by atoms with E-state index in [1.807, 2.05) is 60.3 Å². The van der Waals surface area contributed by atoms with Gasteiger partial charge in [0, 0.05) is 31.2 Å². The van der Waals surface area contributed by atoms with E-state index in [4.69, 9.17) is 0 Å². The van der Waals surface area contributed by atoms with Crippen molar-refractivity contribution in [2.24, 2.45) is 0 Å². The first-order chi connectivity index (χ1) is 11.6. The van der Waals surface area contributed by atoms with Crippen LogP contribution < -0.4 is 5.32 Å². The van der Waals surface area contributed by atoms with Gasteiger partial charge in [-0.25, -0.2) is 9.97 Å². The lowest BCUT2D eigenvalue weighted by Crippen LogP contribution is -2.24. The third-order valence-corrected chi connectivity index (χ3v) is 4.12. The van der Waals surface area contributed by atoms with Gasteiger partial charge in [-0.1, -0.05) is 35.9 Å². The van der Waals surface area contributed by atoms with Crippen LogP contribution in [0.15, 0.2) is 61.3 Å². The molecular weight excluding hydrogens is 300 g/mol. The number of pyridine rings is 1. The van der Waals surface area contributed by atoms with Crippen molar-refractivity contribution in [1.29, 1.82) is 0 Å². The highest BCUT2D eigenvalue weighted by molar-refractivity contribution is 5.27. The molecule has 24 heavy (non-hydrogen) atoms.